The second-order valence-corrected chi connectivity index (χ2v) is 9.73. The lowest BCUT2D eigenvalue weighted by atomic mass is 10.1. The summed E-state index contributed by atoms with van der Waals surface area (Å²) >= 11 is 11.5. The molecule has 1 N–H and O–H groups in total. The molecule has 0 spiro atoms. The van der Waals surface area contributed by atoms with Crippen molar-refractivity contribution in [3.63, 3.8) is 0 Å². The zero-order valence-corrected chi connectivity index (χ0v) is 20.4. The van der Waals surface area contributed by atoms with E-state index < -0.39 is 0 Å². The number of thiazole rings is 1. The van der Waals surface area contributed by atoms with E-state index in [1.165, 1.54) is 16.3 Å². The monoisotopic (exact) mass is 595 g/mol. The lowest BCUT2D eigenvalue weighted by molar-refractivity contribution is -0.114. The van der Waals surface area contributed by atoms with Gasteiger partial charge in [0, 0.05) is 25.5 Å². The molecule has 9 heteroatoms. The maximum Gasteiger partial charge on any atom is 0.282 e. The molecule has 0 radical (unpaired) electrons. The molecule has 146 valence electrons. The number of carbonyl (C=O) groups excluding carboxylic acids is 1. The van der Waals surface area contributed by atoms with Crippen LogP contribution in [-0.4, -0.2) is 21.7 Å². The number of hydrogen-bond donors (Lipinski definition) is 1. The summed E-state index contributed by atoms with van der Waals surface area (Å²) in [6.45, 7) is 1.76. The zero-order chi connectivity index (χ0) is 20.7. The van der Waals surface area contributed by atoms with Crippen molar-refractivity contribution in [2.45, 2.75) is 6.92 Å². The van der Waals surface area contributed by atoms with Gasteiger partial charge in [0.25, 0.3) is 5.91 Å². The van der Waals surface area contributed by atoms with Crippen LogP contribution in [0.3, 0.4) is 0 Å². The van der Waals surface area contributed by atoms with Crippen LogP contribution in [-0.2, 0) is 4.79 Å². The van der Waals surface area contributed by atoms with Crippen molar-refractivity contribution in [1.29, 1.82) is 0 Å². The molecule has 0 atom stereocenters. The normalized spacial score (nSPS) is 15.3. The van der Waals surface area contributed by atoms with Gasteiger partial charge in [0.1, 0.15) is 5.75 Å². The number of amides is 1. The standard InChI is InChI=1S/C20H12Br3N3O2S/c1-10-15(7-12-6-14(22)8-16(23)18(12)27)19(28)26(25-10)20-24-17(9-29-20)11-2-4-13(21)5-3-11/h2-9,27H,1H3/b15-7+. The number of nitrogens with zero attached hydrogens (tertiary/aromatic N) is 3. The summed E-state index contributed by atoms with van der Waals surface area (Å²) in [7, 11) is 0. The van der Waals surface area contributed by atoms with Crippen LogP contribution in [0.25, 0.3) is 17.3 Å². The summed E-state index contributed by atoms with van der Waals surface area (Å²) in [6.07, 6.45) is 1.63. The lowest BCUT2D eigenvalue weighted by Crippen LogP contribution is -2.21. The number of hydrazone groups is 1. The van der Waals surface area contributed by atoms with Crippen LogP contribution in [0.2, 0.25) is 0 Å². The molecule has 4 rings (SSSR count). The number of benzene rings is 2. The van der Waals surface area contributed by atoms with Crippen molar-refractivity contribution in [2.24, 2.45) is 5.10 Å². The first-order chi connectivity index (χ1) is 13.8. The number of hydrogen-bond acceptors (Lipinski definition) is 5. The van der Waals surface area contributed by atoms with Gasteiger partial charge in [-0.25, -0.2) is 4.98 Å². The van der Waals surface area contributed by atoms with Crippen molar-refractivity contribution >= 4 is 82.0 Å². The van der Waals surface area contributed by atoms with Crippen molar-refractivity contribution in [1.82, 2.24) is 4.98 Å². The molecule has 29 heavy (non-hydrogen) atoms. The molecule has 5 nitrogen and oxygen atoms in total. The van der Waals surface area contributed by atoms with Crippen molar-refractivity contribution in [3.05, 3.63) is 66.3 Å². The summed E-state index contributed by atoms with van der Waals surface area (Å²) < 4.78 is 2.31. The Morgan fingerprint density at radius 2 is 1.83 bits per heavy atom. The van der Waals surface area contributed by atoms with Crippen LogP contribution in [0, 0.1) is 0 Å². The van der Waals surface area contributed by atoms with Gasteiger partial charge in [-0.05, 0) is 53.2 Å². The molecule has 1 aliphatic rings. The molecule has 0 bridgehead atoms. The number of aromatic nitrogens is 1. The van der Waals surface area contributed by atoms with Gasteiger partial charge in [-0.15, -0.1) is 11.3 Å². The summed E-state index contributed by atoms with van der Waals surface area (Å²) in [4.78, 5) is 17.6. The Balaban J connectivity index is 1.66. The smallest absolute Gasteiger partial charge is 0.282 e. The fourth-order valence-corrected chi connectivity index (χ4v) is 5.08. The molecule has 0 saturated carbocycles. The predicted molar refractivity (Wildman–Crippen MR) is 127 cm³/mol. The minimum Gasteiger partial charge on any atom is -0.506 e. The number of halogens is 3. The molecule has 2 heterocycles. The minimum atomic E-state index is -0.283. The maximum atomic E-state index is 13.0. The van der Waals surface area contributed by atoms with Crippen molar-refractivity contribution < 1.29 is 9.90 Å². The Kier molecular flexibility index (Phi) is 5.74. The Labute approximate surface area is 196 Å². The van der Waals surface area contributed by atoms with Crippen LogP contribution < -0.4 is 5.01 Å². The highest BCUT2D eigenvalue weighted by molar-refractivity contribution is 9.11. The van der Waals surface area contributed by atoms with E-state index >= 15 is 0 Å². The minimum absolute atomic E-state index is 0.0616. The highest BCUT2D eigenvalue weighted by Crippen LogP contribution is 2.35. The van der Waals surface area contributed by atoms with E-state index in [2.05, 4.69) is 57.9 Å². The Bertz CT molecular complexity index is 1190. The molecule has 1 amide bonds. The van der Waals surface area contributed by atoms with Gasteiger partial charge in [-0.2, -0.15) is 10.1 Å². The summed E-state index contributed by atoms with van der Waals surface area (Å²) in [6, 6.07) is 11.3. The van der Waals surface area contributed by atoms with Crippen molar-refractivity contribution in [2.75, 3.05) is 5.01 Å². The molecule has 0 unspecified atom stereocenters. The highest BCUT2D eigenvalue weighted by atomic mass is 79.9. The summed E-state index contributed by atoms with van der Waals surface area (Å²) in [5, 5.41) is 18.4. The SMILES string of the molecule is CC1=NN(c2nc(-c3ccc(Br)cc3)cs2)C(=O)/C1=C/c1cc(Br)cc(Br)c1O. The van der Waals surface area contributed by atoms with E-state index in [9.17, 15) is 9.90 Å². The van der Waals surface area contributed by atoms with Gasteiger partial charge in [0.2, 0.25) is 5.13 Å². The number of phenols is 1. The molecule has 1 aliphatic heterocycles. The van der Waals surface area contributed by atoms with E-state index in [1.807, 2.05) is 29.6 Å². The van der Waals surface area contributed by atoms with Gasteiger partial charge in [-0.3, -0.25) is 4.79 Å². The van der Waals surface area contributed by atoms with Gasteiger partial charge in [-0.1, -0.05) is 44.0 Å². The third-order valence-electron chi connectivity index (χ3n) is 4.23. The zero-order valence-electron chi connectivity index (χ0n) is 14.9. The van der Waals surface area contributed by atoms with Crippen LogP contribution in [0.4, 0.5) is 5.13 Å². The molecule has 0 saturated heterocycles. The number of rotatable bonds is 3. The topological polar surface area (TPSA) is 65.8 Å². The second kappa shape index (κ2) is 8.14. The van der Waals surface area contributed by atoms with Gasteiger partial charge >= 0.3 is 0 Å². The highest BCUT2D eigenvalue weighted by Gasteiger charge is 2.31. The average Bonchev–Trinajstić information content (AvgIpc) is 3.26. The molecule has 2 aromatic carbocycles. The summed E-state index contributed by atoms with van der Waals surface area (Å²) in [5.74, 6) is -0.221. The molecule has 0 fully saturated rings. The predicted octanol–water partition coefficient (Wildman–Crippen LogP) is 6.61. The quantitative estimate of drug-likeness (QED) is 0.346. The first-order valence-corrected chi connectivity index (χ1v) is 11.6. The maximum absolute atomic E-state index is 13.0. The third kappa shape index (κ3) is 4.09. The number of aromatic hydroxyl groups is 1. The van der Waals surface area contributed by atoms with Crippen LogP contribution in [0.15, 0.2) is 65.9 Å². The molecule has 1 aromatic heterocycles. The Hall–Kier alpha value is -1.81. The van der Waals surface area contributed by atoms with E-state index in [0.717, 1.165) is 20.2 Å². The third-order valence-corrected chi connectivity index (χ3v) is 6.64. The lowest BCUT2D eigenvalue weighted by Gasteiger charge is -2.08. The number of anilines is 1. The first kappa shape index (κ1) is 20.5. The number of phenolic OH excluding ortho intramolecular Hbond substituents is 1. The fraction of sp³-hybridized carbons (Fsp3) is 0.0500. The van der Waals surface area contributed by atoms with Crippen LogP contribution in [0.1, 0.15) is 12.5 Å². The fourth-order valence-electron chi connectivity index (χ4n) is 2.78. The van der Waals surface area contributed by atoms with E-state index in [4.69, 9.17) is 0 Å². The second-order valence-electron chi connectivity index (χ2n) is 6.21. The van der Waals surface area contributed by atoms with E-state index in [-0.39, 0.29) is 11.7 Å². The average molecular weight is 598 g/mol. The van der Waals surface area contributed by atoms with E-state index in [0.29, 0.717) is 26.5 Å². The van der Waals surface area contributed by atoms with Crippen LogP contribution >= 0.6 is 59.1 Å². The first-order valence-electron chi connectivity index (χ1n) is 8.34. The van der Waals surface area contributed by atoms with Gasteiger partial charge < -0.3 is 5.11 Å². The Morgan fingerprint density at radius 3 is 2.55 bits per heavy atom. The molecule has 0 aliphatic carbocycles. The molecule has 3 aromatic rings. The molecular weight excluding hydrogens is 586 g/mol. The Morgan fingerprint density at radius 1 is 1.10 bits per heavy atom. The van der Waals surface area contributed by atoms with Crippen molar-refractivity contribution in [3.8, 4) is 17.0 Å². The largest absolute Gasteiger partial charge is 0.506 e. The number of carbonyl (C=O) groups is 1. The van der Waals surface area contributed by atoms with Gasteiger partial charge in [0.05, 0.1) is 21.5 Å². The molecular formula is C20H12Br3N3O2S. The van der Waals surface area contributed by atoms with E-state index in [1.54, 1.807) is 25.1 Å². The van der Waals surface area contributed by atoms with Gasteiger partial charge in [0.15, 0.2) is 0 Å². The summed E-state index contributed by atoms with van der Waals surface area (Å²) in [5.41, 5.74) is 3.23. The van der Waals surface area contributed by atoms with Crippen LogP contribution in [0.5, 0.6) is 5.75 Å².